The smallest absolute Gasteiger partial charge is 0.291 e. The van der Waals surface area contributed by atoms with Gasteiger partial charge in [-0.05, 0) is 83.9 Å². The fourth-order valence-electron chi connectivity index (χ4n) is 4.25. The molecule has 5 rings (SSSR count). The molecule has 2 aliphatic rings. The van der Waals surface area contributed by atoms with E-state index in [1.807, 2.05) is 86.6 Å². The van der Waals surface area contributed by atoms with Crippen LogP contribution in [-0.2, 0) is 22.7 Å². The number of imide groups is 2. The maximum Gasteiger partial charge on any atom is 0.291 e. The van der Waals surface area contributed by atoms with E-state index < -0.39 is 10.7 Å². The summed E-state index contributed by atoms with van der Waals surface area (Å²) in [4.78, 5) is 53.3. The van der Waals surface area contributed by atoms with Gasteiger partial charge in [0.1, 0.15) is 0 Å². The molecule has 2 heterocycles. The van der Waals surface area contributed by atoms with E-state index in [1.54, 1.807) is 0 Å². The van der Waals surface area contributed by atoms with Crippen LogP contribution in [-0.4, -0.2) is 42.8 Å². The Morgan fingerprint density at radius 2 is 1.03 bits per heavy atom. The standard InChI is InChI=1S/C28H26N4O4S2/c1-17-5-3-7-21(13-17)29-23-25(33)31(27(35)37-23)15-19-9-11-20(12-10-19)16-32-26(34)24(38-28(32)36)30-22-8-4-6-18(2)14-22/h3-14,23-24,29-30H,15-16H2,1-2H3/t23-,24-/m0/s1. The third kappa shape index (κ3) is 5.71. The van der Waals surface area contributed by atoms with E-state index in [4.69, 9.17) is 0 Å². The Kier molecular flexibility index (Phi) is 7.44. The van der Waals surface area contributed by atoms with Gasteiger partial charge < -0.3 is 10.6 Å². The number of nitrogens with one attached hydrogen (secondary N) is 2. The van der Waals surface area contributed by atoms with Crippen molar-refractivity contribution in [1.82, 2.24) is 9.80 Å². The minimum absolute atomic E-state index is 0.150. The van der Waals surface area contributed by atoms with Gasteiger partial charge in [0.05, 0.1) is 13.1 Å². The molecular weight excluding hydrogens is 520 g/mol. The van der Waals surface area contributed by atoms with Crippen molar-refractivity contribution in [1.29, 1.82) is 0 Å². The molecule has 2 N–H and O–H groups in total. The molecule has 8 nitrogen and oxygen atoms in total. The summed E-state index contributed by atoms with van der Waals surface area (Å²) in [5, 5.41) is 4.31. The second kappa shape index (κ2) is 10.9. The predicted octanol–water partition coefficient (Wildman–Crippen LogP) is 5.57. The Hall–Kier alpha value is -3.76. The maximum absolute atomic E-state index is 12.9. The van der Waals surface area contributed by atoms with Crippen LogP contribution in [0.15, 0.2) is 72.8 Å². The van der Waals surface area contributed by atoms with Gasteiger partial charge in [0, 0.05) is 11.4 Å². The first-order valence-corrected chi connectivity index (χ1v) is 13.8. The SMILES string of the molecule is Cc1cccc(N[C@H]2SC(=O)N(Cc3ccc(CN4C(=O)S[C@H](Nc5cccc(C)c5)C4=O)cc3)C2=O)c1. The van der Waals surface area contributed by atoms with Gasteiger partial charge in [-0.15, -0.1) is 0 Å². The molecule has 10 heteroatoms. The van der Waals surface area contributed by atoms with E-state index in [1.165, 1.54) is 9.80 Å². The summed E-state index contributed by atoms with van der Waals surface area (Å²) in [7, 11) is 0. The second-order valence-electron chi connectivity index (χ2n) is 9.22. The molecule has 194 valence electrons. The molecule has 2 fully saturated rings. The lowest BCUT2D eigenvalue weighted by molar-refractivity contribution is -0.127. The van der Waals surface area contributed by atoms with Gasteiger partial charge in [0.15, 0.2) is 10.7 Å². The number of aryl methyl sites for hydroxylation is 2. The van der Waals surface area contributed by atoms with Crippen LogP contribution < -0.4 is 10.6 Å². The van der Waals surface area contributed by atoms with Crippen LogP contribution >= 0.6 is 23.5 Å². The van der Waals surface area contributed by atoms with Crippen LogP contribution in [0, 0.1) is 13.8 Å². The Bertz CT molecular complexity index is 1310. The quantitative estimate of drug-likeness (QED) is 0.378. The van der Waals surface area contributed by atoms with Gasteiger partial charge in [-0.2, -0.15) is 0 Å². The number of thioether (sulfide) groups is 2. The van der Waals surface area contributed by atoms with E-state index in [9.17, 15) is 19.2 Å². The zero-order valence-electron chi connectivity index (χ0n) is 20.8. The number of nitrogens with zero attached hydrogens (tertiary/aromatic N) is 2. The molecule has 0 spiro atoms. The summed E-state index contributed by atoms with van der Waals surface area (Å²) in [6.07, 6.45) is 0. The first kappa shape index (κ1) is 25.9. The maximum atomic E-state index is 12.9. The number of hydrogen-bond acceptors (Lipinski definition) is 8. The summed E-state index contributed by atoms with van der Waals surface area (Å²) in [5.74, 6) is -0.578. The monoisotopic (exact) mass is 546 g/mol. The zero-order valence-corrected chi connectivity index (χ0v) is 22.5. The molecule has 0 unspecified atom stereocenters. The van der Waals surface area contributed by atoms with Crippen molar-refractivity contribution >= 4 is 57.2 Å². The molecule has 0 bridgehead atoms. The lowest BCUT2D eigenvalue weighted by Crippen LogP contribution is -2.34. The highest BCUT2D eigenvalue weighted by Gasteiger charge is 2.41. The molecule has 2 saturated heterocycles. The fourth-order valence-corrected chi connectivity index (χ4v) is 6.06. The minimum Gasteiger partial charge on any atom is -0.365 e. The number of hydrogen-bond donors (Lipinski definition) is 2. The molecule has 0 aromatic heterocycles. The predicted molar refractivity (Wildman–Crippen MR) is 151 cm³/mol. The highest BCUT2D eigenvalue weighted by Crippen LogP contribution is 2.31. The molecule has 4 amide bonds. The van der Waals surface area contributed by atoms with Crippen LogP contribution in [0.2, 0.25) is 0 Å². The van der Waals surface area contributed by atoms with E-state index in [-0.39, 0.29) is 35.4 Å². The van der Waals surface area contributed by atoms with Crippen LogP contribution in [0.5, 0.6) is 0 Å². The van der Waals surface area contributed by atoms with Gasteiger partial charge in [-0.3, -0.25) is 29.0 Å². The number of anilines is 2. The summed E-state index contributed by atoms with van der Waals surface area (Å²) < 4.78 is 0. The van der Waals surface area contributed by atoms with Crippen molar-refractivity contribution in [2.75, 3.05) is 10.6 Å². The van der Waals surface area contributed by atoms with Gasteiger partial charge in [0.25, 0.3) is 22.3 Å². The molecule has 3 aromatic rings. The summed E-state index contributed by atoms with van der Waals surface area (Å²) >= 11 is 1.93. The van der Waals surface area contributed by atoms with Crippen LogP contribution in [0.25, 0.3) is 0 Å². The molecular formula is C28H26N4O4S2. The molecule has 0 saturated carbocycles. The first-order chi connectivity index (χ1) is 18.3. The number of amides is 4. The largest absolute Gasteiger partial charge is 0.365 e. The van der Waals surface area contributed by atoms with Crippen molar-refractivity contribution in [3.8, 4) is 0 Å². The second-order valence-corrected chi connectivity index (χ2v) is 11.3. The van der Waals surface area contributed by atoms with Gasteiger partial charge in [0.2, 0.25) is 0 Å². The lowest BCUT2D eigenvalue weighted by atomic mass is 10.1. The molecule has 0 aliphatic carbocycles. The van der Waals surface area contributed by atoms with Gasteiger partial charge >= 0.3 is 0 Å². The molecule has 0 radical (unpaired) electrons. The summed E-state index contributed by atoms with van der Waals surface area (Å²) in [5.41, 5.74) is 5.25. The Labute approximate surface area is 229 Å². The van der Waals surface area contributed by atoms with Crippen molar-refractivity contribution in [3.05, 3.63) is 95.1 Å². The minimum atomic E-state index is -0.672. The number of rotatable bonds is 8. The lowest BCUT2D eigenvalue weighted by Gasteiger charge is -2.17. The molecule has 3 aromatic carbocycles. The molecule has 2 aliphatic heterocycles. The van der Waals surface area contributed by atoms with Crippen molar-refractivity contribution in [3.63, 3.8) is 0 Å². The Morgan fingerprint density at radius 3 is 1.39 bits per heavy atom. The number of benzene rings is 3. The molecule has 2 atom stereocenters. The van der Waals surface area contributed by atoms with Crippen LogP contribution in [0.1, 0.15) is 22.3 Å². The van der Waals surface area contributed by atoms with E-state index in [2.05, 4.69) is 10.6 Å². The number of carbonyl (C=O) groups excluding carboxylic acids is 4. The topological polar surface area (TPSA) is 98.8 Å². The van der Waals surface area contributed by atoms with E-state index >= 15 is 0 Å². The van der Waals surface area contributed by atoms with Crippen LogP contribution in [0.4, 0.5) is 21.0 Å². The normalized spacial score (nSPS) is 19.4. The average Bonchev–Trinajstić information content (AvgIpc) is 3.29. The average molecular weight is 547 g/mol. The fraction of sp³-hybridized carbons (Fsp3) is 0.214. The van der Waals surface area contributed by atoms with Crippen LogP contribution in [0.3, 0.4) is 0 Å². The van der Waals surface area contributed by atoms with Crippen molar-refractivity contribution in [2.45, 2.75) is 37.7 Å². The Morgan fingerprint density at radius 1 is 0.632 bits per heavy atom. The van der Waals surface area contributed by atoms with E-state index in [0.717, 1.165) is 57.2 Å². The number of carbonyl (C=O) groups is 4. The molecule has 38 heavy (non-hydrogen) atoms. The van der Waals surface area contributed by atoms with E-state index in [0.29, 0.717) is 0 Å². The Balaban J connectivity index is 1.18. The van der Waals surface area contributed by atoms with Crippen molar-refractivity contribution in [2.24, 2.45) is 0 Å². The van der Waals surface area contributed by atoms with Gasteiger partial charge in [-0.25, -0.2) is 0 Å². The van der Waals surface area contributed by atoms with Gasteiger partial charge in [-0.1, -0.05) is 48.5 Å². The highest BCUT2D eigenvalue weighted by atomic mass is 32.2. The third-order valence-corrected chi connectivity index (χ3v) is 8.15. The third-order valence-electron chi connectivity index (χ3n) is 6.19. The highest BCUT2D eigenvalue weighted by molar-refractivity contribution is 8.15. The summed E-state index contributed by atoms with van der Waals surface area (Å²) in [6, 6.07) is 22.5. The summed E-state index contributed by atoms with van der Waals surface area (Å²) in [6.45, 7) is 4.23. The first-order valence-electron chi connectivity index (χ1n) is 12.0. The van der Waals surface area contributed by atoms with Crippen molar-refractivity contribution < 1.29 is 19.2 Å². The zero-order chi connectivity index (χ0) is 26.8.